The van der Waals surface area contributed by atoms with Gasteiger partial charge in [0.25, 0.3) is 0 Å². The largest absolute Gasteiger partial charge is 0.480 e. The van der Waals surface area contributed by atoms with E-state index in [0.717, 1.165) is 17.0 Å². The first-order valence-electron chi connectivity index (χ1n) is 6.34. The number of nitrogens with zero attached hydrogens (tertiary/aromatic N) is 2. The lowest BCUT2D eigenvalue weighted by atomic mass is 10.3. The molecule has 0 aliphatic carbocycles. The molecule has 0 aromatic carbocycles. The summed E-state index contributed by atoms with van der Waals surface area (Å²) < 4.78 is 0. The molecule has 1 aromatic heterocycles. The molecule has 8 heteroatoms. The number of carbonyl (C=O) groups excluding carboxylic acids is 1. The smallest absolute Gasteiger partial charge is 0.327 e. The van der Waals surface area contributed by atoms with Crippen molar-refractivity contribution in [1.29, 1.82) is 0 Å². The number of rotatable bonds is 4. The molecule has 0 saturated carbocycles. The molecule has 2 rings (SSSR count). The Morgan fingerprint density at radius 3 is 2.90 bits per heavy atom. The van der Waals surface area contributed by atoms with Crippen molar-refractivity contribution >= 4 is 35.1 Å². The van der Waals surface area contributed by atoms with Crippen LogP contribution in [0.15, 0.2) is 5.51 Å². The number of nitrogens with one attached hydrogen (secondary N) is 1. The van der Waals surface area contributed by atoms with E-state index in [4.69, 9.17) is 0 Å². The summed E-state index contributed by atoms with van der Waals surface area (Å²) in [6.45, 7) is 4.23. The van der Waals surface area contributed by atoms with Crippen LogP contribution in [-0.4, -0.2) is 44.2 Å². The predicted octanol–water partition coefficient (Wildman–Crippen LogP) is 1.90. The van der Waals surface area contributed by atoms with Gasteiger partial charge in [0.15, 0.2) is 0 Å². The van der Waals surface area contributed by atoms with E-state index in [9.17, 15) is 14.7 Å². The molecule has 1 fully saturated rings. The number of thioether (sulfide) groups is 1. The number of thiazole rings is 1. The third kappa shape index (κ3) is 3.06. The van der Waals surface area contributed by atoms with Crippen LogP contribution in [0.25, 0.3) is 0 Å². The normalized spacial score (nSPS) is 22.0. The lowest BCUT2D eigenvalue weighted by molar-refractivity contribution is -0.141. The molecule has 2 unspecified atom stereocenters. The summed E-state index contributed by atoms with van der Waals surface area (Å²) >= 11 is 3.00. The summed E-state index contributed by atoms with van der Waals surface area (Å²) in [7, 11) is 0. The second-order valence-electron chi connectivity index (χ2n) is 4.48. The van der Waals surface area contributed by atoms with Gasteiger partial charge in [-0.15, -0.1) is 23.1 Å². The van der Waals surface area contributed by atoms with Crippen LogP contribution in [0, 0.1) is 6.92 Å². The van der Waals surface area contributed by atoms with Gasteiger partial charge in [-0.3, -0.25) is 4.90 Å². The number of aliphatic carboxylic acids is 1. The zero-order valence-corrected chi connectivity index (χ0v) is 13.0. The van der Waals surface area contributed by atoms with Crippen LogP contribution < -0.4 is 5.32 Å². The number of aryl methyl sites for hydroxylation is 1. The van der Waals surface area contributed by atoms with Crippen molar-refractivity contribution in [3.63, 3.8) is 0 Å². The van der Waals surface area contributed by atoms with Gasteiger partial charge in [-0.2, -0.15) is 0 Å². The van der Waals surface area contributed by atoms with E-state index in [0.29, 0.717) is 12.3 Å². The summed E-state index contributed by atoms with van der Waals surface area (Å²) in [5.74, 6) is -0.501. The Labute approximate surface area is 125 Å². The van der Waals surface area contributed by atoms with Crippen LogP contribution in [-0.2, 0) is 11.3 Å². The summed E-state index contributed by atoms with van der Waals surface area (Å²) in [4.78, 5) is 30.0. The van der Waals surface area contributed by atoms with Crippen LogP contribution >= 0.6 is 23.1 Å². The Morgan fingerprint density at radius 2 is 2.35 bits per heavy atom. The molecule has 1 aliphatic rings. The zero-order valence-electron chi connectivity index (χ0n) is 11.3. The van der Waals surface area contributed by atoms with Gasteiger partial charge in [0.05, 0.1) is 23.1 Å². The van der Waals surface area contributed by atoms with Gasteiger partial charge in [-0.25, -0.2) is 14.6 Å². The fourth-order valence-corrected chi connectivity index (χ4v) is 4.15. The van der Waals surface area contributed by atoms with Crippen LogP contribution in [0.4, 0.5) is 4.79 Å². The maximum absolute atomic E-state index is 12.3. The van der Waals surface area contributed by atoms with Crippen molar-refractivity contribution in [2.75, 3.05) is 5.75 Å². The van der Waals surface area contributed by atoms with Gasteiger partial charge in [0.2, 0.25) is 0 Å². The molecule has 0 spiro atoms. The highest BCUT2D eigenvalue weighted by Gasteiger charge is 2.40. The first kappa shape index (κ1) is 15.1. The number of amides is 2. The van der Waals surface area contributed by atoms with Crippen molar-refractivity contribution < 1.29 is 14.7 Å². The lowest BCUT2D eigenvalue weighted by Crippen LogP contribution is -2.49. The fraction of sp³-hybridized carbons (Fsp3) is 0.583. The molecule has 1 aromatic rings. The molecule has 1 saturated heterocycles. The molecule has 6 nitrogen and oxygen atoms in total. The lowest BCUT2D eigenvalue weighted by Gasteiger charge is -2.26. The first-order valence-corrected chi connectivity index (χ1v) is 8.27. The summed E-state index contributed by atoms with van der Waals surface area (Å²) in [6.07, 6.45) is 0.738. The third-order valence-corrected chi connectivity index (χ3v) is 5.59. The Hall–Kier alpha value is -1.28. The fourth-order valence-electron chi connectivity index (χ4n) is 2.08. The van der Waals surface area contributed by atoms with Gasteiger partial charge >= 0.3 is 12.0 Å². The molecule has 1 aliphatic heterocycles. The summed E-state index contributed by atoms with van der Waals surface area (Å²) in [5, 5.41) is 11.9. The number of carbonyl (C=O) groups is 2. The van der Waals surface area contributed by atoms with E-state index < -0.39 is 12.0 Å². The number of hydrogen-bond acceptors (Lipinski definition) is 5. The van der Waals surface area contributed by atoms with Gasteiger partial charge < -0.3 is 10.4 Å². The predicted molar refractivity (Wildman–Crippen MR) is 78.9 cm³/mol. The Morgan fingerprint density at radius 1 is 1.60 bits per heavy atom. The van der Waals surface area contributed by atoms with E-state index in [2.05, 4.69) is 10.3 Å². The van der Waals surface area contributed by atoms with Crippen LogP contribution in [0.1, 0.15) is 23.9 Å². The average molecular weight is 315 g/mol. The number of urea groups is 1. The van der Waals surface area contributed by atoms with Crippen molar-refractivity contribution in [3.05, 3.63) is 16.1 Å². The molecule has 0 bridgehead atoms. The highest BCUT2D eigenvalue weighted by molar-refractivity contribution is 8.00. The highest BCUT2D eigenvalue weighted by Crippen LogP contribution is 2.31. The zero-order chi connectivity index (χ0) is 14.7. The first-order chi connectivity index (χ1) is 9.54. The maximum atomic E-state index is 12.3. The number of aromatic nitrogens is 1. The number of carboxylic acid groups (broad SMARTS) is 1. The van der Waals surface area contributed by atoms with E-state index >= 15 is 0 Å². The monoisotopic (exact) mass is 315 g/mol. The van der Waals surface area contributed by atoms with Gasteiger partial charge in [0.1, 0.15) is 6.04 Å². The molecular formula is C12H17N3O3S2. The Kier molecular flexibility index (Phi) is 4.87. The highest BCUT2D eigenvalue weighted by atomic mass is 32.2. The third-order valence-electron chi connectivity index (χ3n) is 3.21. The van der Waals surface area contributed by atoms with Crippen molar-refractivity contribution in [2.24, 2.45) is 0 Å². The molecule has 20 heavy (non-hydrogen) atoms. The van der Waals surface area contributed by atoms with Gasteiger partial charge in [0, 0.05) is 10.6 Å². The van der Waals surface area contributed by atoms with Gasteiger partial charge in [-0.05, 0) is 13.3 Å². The molecule has 2 N–H and O–H groups in total. The van der Waals surface area contributed by atoms with Crippen LogP contribution in [0.3, 0.4) is 0 Å². The van der Waals surface area contributed by atoms with Crippen molar-refractivity contribution in [3.8, 4) is 0 Å². The maximum Gasteiger partial charge on any atom is 0.327 e. The standard InChI is InChI=1S/C12H17N3O3S2/c1-3-10-15(8(5-19-10)11(16)17)12(18)13-4-9-7(2)14-6-20-9/h6,8,10H,3-5H2,1-2H3,(H,13,18)(H,16,17). The van der Waals surface area contributed by atoms with E-state index in [1.807, 2.05) is 13.8 Å². The number of hydrogen-bond donors (Lipinski definition) is 2. The second-order valence-corrected chi connectivity index (χ2v) is 6.63. The van der Waals surface area contributed by atoms with E-state index in [1.165, 1.54) is 28.0 Å². The Balaban J connectivity index is 2.02. The summed E-state index contributed by atoms with van der Waals surface area (Å²) in [5.41, 5.74) is 2.63. The average Bonchev–Trinajstić information content (AvgIpc) is 3.01. The van der Waals surface area contributed by atoms with E-state index in [1.54, 1.807) is 5.51 Å². The molecule has 0 radical (unpaired) electrons. The van der Waals surface area contributed by atoms with Crippen LogP contribution in [0.2, 0.25) is 0 Å². The van der Waals surface area contributed by atoms with Crippen molar-refractivity contribution in [2.45, 2.75) is 38.2 Å². The molecule has 110 valence electrons. The SMILES string of the molecule is CCC1SCC(C(=O)O)N1C(=O)NCc1scnc1C. The minimum atomic E-state index is -0.947. The minimum absolute atomic E-state index is 0.0707. The van der Waals surface area contributed by atoms with Crippen LogP contribution in [0.5, 0.6) is 0 Å². The van der Waals surface area contributed by atoms with E-state index in [-0.39, 0.29) is 11.4 Å². The molecule has 2 atom stereocenters. The van der Waals surface area contributed by atoms with Gasteiger partial charge in [-0.1, -0.05) is 6.92 Å². The molecular weight excluding hydrogens is 298 g/mol. The number of carboxylic acids is 1. The van der Waals surface area contributed by atoms with Crippen molar-refractivity contribution in [1.82, 2.24) is 15.2 Å². The Bertz CT molecular complexity index is 506. The summed E-state index contributed by atoms with van der Waals surface area (Å²) in [6, 6.07) is -1.06. The second kappa shape index (κ2) is 6.45. The molecule has 2 heterocycles. The molecule has 2 amide bonds. The quantitative estimate of drug-likeness (QED) is 0.887. The topological polar surface area (TPSA) is 82.5 Å². The minimum Gasteiger partial charge on any atom is -0.480 e.